The number of ether oxygens (including phenoxy) is 2. The molecule has 0 spiro atoms. The molecule has 0 heterocycles. The van der Waals surface area contributed by atoms with Gasteiger partial charge in [-0.15, -0.1) is 0 Å². The molecule has 1 fully saturated rings. The predicted molar refractivity (Wildman–Crippen MR) is 100 cm³/mol. The zero-order valence-electron chi connectivity index (χ0n) is 15.5. The maximum absolute atomic E-state index is 12.8. The highest BCUT2D eigenvalue weighted by Gasteiger charge is 2.56. The van der Waals surface area contributed by atoms with E-state index >= 15 is 0 Å². The summed E-state index contributed by atoms with van der Waals surface area (Å²) in [5, 5.41) is 0. The van der Waals surface area contributed by atoms with Gasteiger partial charge in [-0.3, -0.25) is 9.59 Å². The Morgan fingerprint density at radius 1 is 1.08 bits per heavy atom. The van der Waals surface area contributed by atoms with E-state index in [4.69, 9.17) is 9.47 Å². The SMILES string of the molecule is CCOC(=O)C1(C(=O)OCC)CC2=C(c3ccccc3)CCC=C[C@@H]2C1. The van der Waals surface area contributed by atoms with Crippen LogP contribution < -0.4 is 0 Å². The molecule has 1 aromatic carbocycles. The van der Waals surface area contributed by atoms with Crippen molar-refractivity contribution in [3.63, 3.8) is 0 Å². The van der Waals surface area contributed by atoms with Crippen molar-refractivity contribution in [2.24, 2.45) is 11.3 Å². The molecule has 0 N–H and O–H groups in total. The van der Waals surface area contributed by atoms with Crippen LogP contribution in [0.2, 0.25) is 0 Å². The first-order chi connectivity index (χ1) is 12.6. The summed E-state index contributed by atoms with van der Waals surface area (Å²) < 4.78 is 10.6. The first-order valence-corrected chi connectivity index (χ1v) is 9.40. The summed E-state index contributed by atoms with van der Waals surface area (Å²) >= 11 is 0. The van der Waals surface area contributed by atoms with E-state index in [9.17, 15) is 9.59 Å². The second-order valence-corrected chi connectivity index (χ2v) is 6.85. The maximum Gasteiger partial charge on any atom is 0.323 e. The highest BCUT2D eigenvalue weighted by Crippen LogP contribution is 2.51. The average Bonchev–Trinajstić information content (AvgIpc) is 2.93. The van der Waals surface area contributed by atoms with E-state index in [1.807, 2.05) is 18.2 Å². The number of hydrogen-bond acceptors (Lipinski definition) is 4. The van der Waals surface area contributed by atoms with Crippen LogP contribution in [-0.4, -0.2) is 25.2 Å². The molecule has 0 saturated heterocycles. The van der Waals surface area contributed by atoms with Crippen molar-refractivity contribution in [1.29, 1.82) is 0 Å². The van der Waals surface area contributed by atoms with Crippen molar-refractivity contribution >= 4 is 17.5 Å². The molecule has 4 nitrogen and oxygen atoms in total. The summed E-state index contributed by atoms with van der Waals surface area (Å²) in [7, 11) is 0. The third kappa shape index (κ3) is 3.33. The van der Waals surface area contributed by atoms with Crippen LogP contribution in [0.15, 0.2) is 48.1 Å². The second-order valence-electron chi connectivity index (χ2n) is 6.85. The molecule has 3 rings (SSSR count). The van der Waals surface area contributed by atoms with E-state index in [2.05, 4.69) is 24.3 Å². The van der Waals surface area contributed by atoms with E-state index in [0.717, 1.165) is 12.8 Å². The summed E-state index contributed by atoms with van der Waals surface area (Å²) in [5.41, 5.74) is 2.36. The quantitative estimate of drug-likeness (QED) is 0.449. The molecular formula is C22H26O4. The molecule has 138 valence electrons. The molecule has 0 aliphatic heterocycles. The predicted octanol–water partition coefficient (Wildman–Crippen LogP) is 4.31. The normalized spacial score (nSPS) is 21.1. The Morgan fingerprint density at radius 2 is 1.73 bits per heavy atom. The standard InChI is InChI=1S/C22H26O4/c1-3-25-20(23)22(21(24)26-4-2)14-17-12-8-9-13-18(19(17)15-22)16-10-6-5-7-11-16/h5-8,10-12,17H,3-4,9,13-15H2,1-2H3/t17-/m1/s1. The fourth-order valence-corrected chi connectivity index (χ4v) is 4.09. The Kier molecular flexibility index (Phi) is 5.60. The van der Waals surface area contributed by atoms with Crippen LogP contribution >= 0.6 is 0 Å². The molecule has 1 saturated carbocycles. The lowest BCUT2D eigenvalue weighted by Crippen LogP contribution is -2.40. The minimum atomic E-state index is -1.23. The van der Waals surface area contributed by atoms with Gasteiger partial charge >= 0.3 is 11.9 Å². The Balaban J connectivity index is 2.06. The van der Waals surface area contributed by atoms with Crippen molar-refractivity contribution in [1.82, 2.24) is 0 Å². The van der Waals surface area contributed by atoms with Gasteiger partial charge in [0, 0.05) is 5.92 Å². The molecule has 1 atom stereocenters. The van der Waals surface area contributed by atoms with Gasteiger partial charge in [-0.25, -0.2) is 0 Å². The van der Waals surface area contributed by atoms with E-state index in [1.54, 1.807) is 13.8 Å². The first-order valence-electron chi connectivity index (χ1n) is 9.40. The summed E-state index contributed by atoms with van der Waals surface area (Å²) in [6, 6.07) is 10.2. The van der Waals surface area contributed by atoms with Gasteiger partial charge in [0.05, 0.1) is 13.2 Å². The lowest BCUT2D eigenvalue weighted by molar-refractivity contribution is -0.171. The van der Waals surface area contributed by atoms with Gasteiger partial charge in [-0.05, 0) is 50.7 Å². The molecule has 4 heteroatoms. The summed E-state index contributed by atoms with van der Waals surface area (Å²) in [5.74, 6) is -0.846. The summed E-state index contributed by atoms with van der Waals surface area (Å²) in [6.07, 6.45) is 6.99. The highest BCUT2D eigenvalue weighted by atomic mass is 16.6. The number of hydrogen-bond donors (Lipinski definition) is 0. The number of esters is 2. The van der Waals surface area contributed by atoms with Crippen molar-refractivity contribution in [3.05, 3.63) is 53.6 Å². The van der Waals surface area contributed by atoms with Crippen LogP contribution in [0.3, 0.4) is 0 Å². The molecule has 2 aliphatic rings. The number of allylic oxidation sites excluding steroid dienone is 4. The Hall–Kier alpha value is -2.36. The lowest BCUT2D eigenvalue weighted by Gasteiger charge is -2.24. The third-order valence-electron chi connectivity index (χ3n) is 5.28. The van der Waals surface area contributed by atoms with Crippen molar-refractivity contribution < 1.29 is 19.1 Å². The van der Waals surface area contributed by atoms with E-state index in [1.165, 1.54) is 16.7 Å². The fourth-order valence-electron chi connectivity index (χ4n) is 4.09. The topological polar surface area (TPSA) is 52.6 Å². The Morgan fingerprint density at radius 3 is 2.35 bits per heavy atom. The van der Waals surface area contributed by atoms with Gasteiger partial charge in [-0.1, -0.05) is 48.1 Å². The smallest absolute Gasteiger partial charge is 0.323 e. The minimum Gasteiger partial charge on any atom is -0.465 e. The second kappa shape index (κ2) is 7.90. The fraction of sp³-hybridized carbons (Fsp3) is 0.455. The molecule has 0 radical (unpaired) electrons. The minimum absolute atomic E-state index is 0.0709. The molecule has 0 unspecified atom stereocenters. The molecule has 1 aromatic rings. The van der Waals surface area contributed by atoms with Crippen molar-refractivity contribution in [3.8, 4) is 0 Å². The number of fused-ring (bicyclic) bond motifs is 1. The van der Waals surface area contributed by atoms with Crippen molar-refractivity contribution in [2.45, 2.75) is 39.5 Å². The molecular weight excluding hydrogens is 328 g/mol. The van der Waals surface area contributed by atoms with Gasteiger partial charge in [-0.2, -0.15) is 0 Å². The Bertz CT molecular complexity index is 712. The van der Waals surface area contributed by atoms with Gasteiger partial charge in [0.2, 0.25) is 0 Å². The van der Waals surface area contributed by atoms with E-state index in [-0.39, 0.29) is 19.1 Å². The molecule has 26 heavy (non-hydrogen) atoms. The van der Waals surface area contributed by atoms with Gasteiger partial charge < -0.3 is 9.47 Å². The molecule has 2 aliphatic carbocycles. The largest absolute Gasteiger partial charge is 0.465 e. The van der Waals surface area contributed by atoms with E-state index < -0.39 is 17.4 Å². The van der Waals surface area contributed by atoms with Crippen LogP contribution in [0, 0.1) is 11.3 Å². The van der Waals surface area contributed by atoms with Crippen LogP contribution in [0.25, 0.3) is 5.57 Å². The zero-order chi connectivity index (χ0) is 18.6. The zero-order valence-corrected chi connectivity index (χ0v) is 15.5. The van der Waals surface area contributed by atoms with Gasteiger partial charge in [0.25, 0.3) is 0 Å². The van der Waals surface area contributed by atoms with Gasteiger partial charge in [0.15, 0.2) is 5.41 Å². The van der Waals surface area contributed by atoms with Crippen LogP contribution in [-0.2, 0) is 19.1 Å². The van der Waals surface area contributed by atoms with Crippen LogP contribution in [0.5, 0.6) is 0 Å². The number of rotatable bonds is 5. The van der Waals surface area contributed by atoms with Crippen molar-refractivity contribution in [2.75, 3.05) is 13.2 Å². The monoisotopic (exact) mass is 354 g/mol. The Labute approximate surface area is 154 Å². The van der Waals surface area contributed by atoms with Gasteiger partial charge in [0.1, 0.15) is 0 Å². The van der Waals surface area contributed by atoms with E-state index in [0.29, 0.717) is 12.8 Å². The number of carbonyl (C=O) groups excluding carboxylic acids is 2. The van der Waals surface area contributed by atoms with Crippen LogP contribution in [0.4, 0.5) is 0 Å². The molecule has 0 amide bonds. The summed E-state index contributed by atoms with van der Waals surface area (Å²) in [6.45, 7) is 4.03. The number of carbonyl (C=O) groups is 2. The lowest BCUT2D eigenvalue weighted by atomic mass is 9.84. The number of benzene rings is 1. The van der Waals surface area contributed by atoms with Crippen LogP contribution in [0.1, 0.15) is 45.1 Å². The third-order valence-corrected chi connectivity index (χ3v) is 5.28. The average molecular weight is 354 g/mol. The first kappa shape index (κ1) is 18.4. The molecule has 0 bridgehead atoms. The highest BCUT2D eigenvalue weighted by molar-refractivity contribution is 6.01. The maximum atomic E-state index is 12.8. The summed E-state index contributed by atoms with van der Waals surface area (Å²) in [4.78, 5) is 25.6. The molecule has 0 aromatic heterocycles.